The van der Waals surface area contributed by atoms with Crippen LogP contribution < -0.4 is 5.32 Å². The highest BCUT2D eigenvalue weighted by molar-refractivity contribution is 7.90. The molecule has 1 atom stereocenters. The minimum Gasteiger partial charge on any atom is -0.445 e. The van der Waals surface area contributed by atoms with E-state index in [1.165, 1.54) is 19.0 Å². The number of hydrogen-bond acceptors (Lipinski definition) is 5. The maximum absolute atomic E-state index is 12.0. The molecule has 0 bridgehead atoms. The number of nitrogens with zero attached hydrogens (tertiary/aromatic N) is 1. The number of nitrogens with one attached hydrogen (secondary N) is 1. The van der Waals surface area contributed by atoms with E-state index in [9.17, 15) is 18.0 Å². The number of likely N-dealkylation sites (N-methyl/N-ethyl adjacent to an activating group) is 1. The zero-order valence-corrected chi connectivity index (χ0v) is 14.3. The van der Waals surface area contributed by atoms with Crippen LogP contribution in [-0.4, -0.2) is 57.5 Å². The van der Waals surface area contributed by atoms with Crippen LogP contribution in [0.5, 0.6) is 0 Å². The zero-order chi connectivity index (χ0) is 17.5. The highest BCUT2D eigenvalue weighted by Crippen LogP contribution is 2.03. The number of hydrogen-bond donors (Lipinski definition) is 1. The Balaban J connectivity index is 2.60. The Bertz CT molecular complexity index is 629. The molecule has 0 aliphatic carbocycles. The minimum absolute atomic E-state index is 0.00369. The fourth-order valence-electron chi connectivity index (χ4n) is 1.81. The monoisotopic (exact) mass is 342 g/mol. The molecule has 1 aromatic carbocycles. The summed E-state index contributed by atoms with van der Waals surface area (Å²) in [4.78, 5) is 25.2. The number of ether oxygens (including phenoxy) is 1. The van der Waals surface area contributed by atoms with Crippen molar-refractivity contribution in [2.45, 2.75) is 19.1 Å². The van der Waals surface area contributed by atoms with Gasteiger partial charge in [0.1, 0.15) is 22.5 Å². The van der Waals surface area contributed by atoms with Crippen LogP contribution in [0.2, 0.25) is 0 Å². The summed E-state index contributed by atoms with van der Waals surface area (Å²) in [6.07, 6.45) is 0.316. The predicted molar refractivity (Wildman–Crippen MR) is 86.6 cm³/mol. The van der Waals surface area contributed by atoms with Gasteiger partial charge < -0.3 is 15.0 Å². The van der Waals surface area contributed by atoms with Crippen LogP contribution in [0.3, 0.4) is 0 Å². The second-order valence-corrected chi connectivity index (χ2v) is 7.67. The van der Waals surface area contributed by atoms with E-state index in [2.05, 4.69) is 5.32 Å². The van der Waals surface area contributed by atoms with Crippen molar-refractivity contribution < 1.29 is 22.7 Å². The molecule has 7 nitrogen and oxygen atoms in total. The molecule has 23 heavy (non-hydrogen) atoms. The average molecular weight is 342 g/mol. The normalized spacial score (nSPS) is 12.3. The van der Waals surface area contributed by atoms with Crippen LogP contribution in [0.15, 0.2) is 30.3 Å². The molecule has 0 spiro atoms. The summed E-state index contributed by atoms with van der Waals surface area (Å²) in [5.74, 6) is -0.582. The van der Waals surface area contributed by atoms with Gasteiger partial charge >= 0.3 is 6.09 Å². The predicted octanol–water partition coefficient (Wildman–Crippen LogP) is 0.804. The molecule has 128 valence electrons. The Morgan fingerprint density at radius 2 is 1.83 bits per heavy atom. The fourth-order valence-corrected chi connectivity index (χ4v) is 2.47. The van der Waals surface area contributed by atoms with Gasteiger partial charge in [-0.2, -0.15) is 0 Å². The molecule has 0 saturated heterocycles. The first-order valence-electron chi connectivity index (χ1n) is 7.05. The Labute approximate surface area is 136 Å². The fraction of sp³-hybridized carbons (Fsp3) is 0.467. The van der Waals surface area contributed by atoms with Gasteiger partial charge in [-0.15, -0.1) is 0 Å². The van der Waals surface area contributed by atoms with Crippen molar-refractivity contribution in [3.05, 3.63) is 35.9 Å². The van der Waals surface area contributed by atoms with Gasteiger partial charge in [0.2, 0.25) is 5.91 Å². The van der Waals surface area contributed by atoms with E-state index in [0.29, 0.717) is 0 Å². The molecule has 0 fully saturated rings. The summed E-state index contributed by atoms with van der Waals surface area (Å²) in [5.41, 5.74) is 0.814. The molecule has 0 unspecified atom stereocenters. The first-order valence-corrected chi connectivity index (χ1v) is 9.11. The van der Waals surface area contributed by atoms with Crippen LogP contribution in [0.1, 0.15) is 12.0 Å². The molecule has 0 heterocycles. The molecule has 1 N–H and O–H groups in total. The summed E-state index contributed by atoms with van der Waals surface area (Å²) in [5, 5.41) is 2.42. The minimum atomic E-state index is -3.23. The van der Waals surface area contributed by atoms with Gasteiger partial charge in [0.25, 0.3) is 0 Å². The first kappa shape index (κ1) is 19.0. The summed E-state index contributed by atoms with van der Waals surface area (Å²) in [6, 6.07) is 8.16. The van der Waals surface area contributed by atoms with E-state index in [4.69, 9.17) is 4.74 Å². The number of amides is 2. The number of sulfone groups is 1. The number of rotatable bonds is 7. The molecule has 0 aliphatic rings. The van der Waals surface area contributed by atoms with Crippen molar-refractivity contribution in [2.75, 3.05) is 26.1 Å². The first-order chi connectivity index (χ1) is 10.7. The van der Waals surface area contributed by atoms with Gasteiger partial charge in [-0.1, -0.05) is 30.3 Å². The summed E-state index contributed by atoms with van der Waals surface area (Å²) in [6.45, 7) is 0.0711. The molecule has 1 aromatic rings. The largest absolute Gasteiger partial charge is 0.445 e. The Morgan fingerprint density at radius 3 is 2.35 bits per heavy atom. The van der Waals surface area contributed by atoms with Crippen molar-refractivity contribution >= 4 is 21.8 Å². The number of benzene rings is 1. The van der Waals surface area contributed by atoms with Crippen molar-refractivity contribution in [2.24, 2.45) is 0 Å². The summed E-state index contributed by atoms with van der Waals surface area (Å²) < 4.78 is 27.6. The number of alkyl carbamates (subject to hydrolysis) is 1. The lowest BCUT2D eigenvalue weighted by atomic mass is 10.2. The van der Waals surface area contributed by atoms with Crippen molar-refractivity contribution in [1.29, 1.82) is 0 Å². The third-order valence-corrected chi connectivity index (χ3v) is 4.00. The van der Waals surface area contributed by atoms with E-state index < -0.39 is 22.0 Å². The average Bonchev–Trinajstić information content (AvgIpc) is 2.48. The van der Waals surface area contributed by atoms with Crippen LogP contribution in [-0.2, 0) is 26.0 Å². The Hall–Kier alpha value is -2.09. The van der Waals surface area contributed by atoms with Crippen molar-refractivity contribution in [3.8, 4) is 0 Å². The SMILES string of the molecule is CN(C)C(=O)[C@@H](CCS(C)(=O)=O)NC(=O)OCc1ccccc1. The second-order valence-electron chi connectivity index (χ2n) is 5.41. The van der Waals surface area contributed by atoms with E-state index in [1.54, 1.807) is 12.1 Å². The smallest absolute Gasteiger partial charge is 0.408 e. The number of carbonyl (C=O) groups excluding carboxylic acids is 2. The van der Waals surface area contributed by atoms with Gasteiger partial charge in [-0.3, -0.25) is 4.79 Å². The lowest BCUT2D eigenvalue weighted by Gasteiger charge is -2.21. The molecule has 8 heteroatoms. The molecule has 1 rings (SSSR count). The third-order valence-electron chi connectivity index (χ3n) is 3.02. The molecule has 0 radical (unpaired) electrons. The van der Waals surface area contributed by atoms with Crippen LogP contribution in [0.4, 0.5) is 4.79 Å². The summed E-state index contributed by atoms with van der Waals surface area (Å²) in [7, 11) is -0.163. The van der Waals surface area contributed by atoms with E-state index in [-0.39, 0.29) is 24.7 Å². The molecular formula is C15H22N2O5S. The van der Waals surface area contributed by atoms with Gasteiger partial charge in [0.05, 0.1) is 5.75 Å². The van der Waals surface area contributed by atoms with Gasteiger partial charge in [0.15, 0.2) is 0 Å². The van der Waals surface area contributed by atoms with Gasteiger partial charge in [0, 0.05) is 20.4 Å². The maximum atomic E-state index is 12.0. The van der Waals surface area contributed by atoms with Crippen LogP contribution in [0, 0.1) is 0 Å². The van der Waals surface area contributed by atoms with Crippen LogP contribution >= 0.6 is 0 Å². The van der Waals surface area contributed by atoms with Crippen LogP contribution in [0.25, 0.3) is 0 Å². The maximum Gasteiger partial charge on any atom is 0.408 e. The van der Waals surface area contributed by atoms with E-state index in [0.717, 1.165) is 11.8 Å². The van der Waals surface area contributed by atoms with Gasteiger partial charge in [-0.25, -0.2) is 13.2 Å². The number of carbonyl (C=O) groups is 2. The molecule has 0 saturated carbocycles. The van der Waals surface area contributed by atoms with Crippen molar-refractivity contribution in [1.82, 2.24) is 10.2 Å². The molecule has 2 amide bonds. The standard InChI is InChI=1S/C15H22N2O5S/c1-17(2)14(18)13(9-10-23(3,20)21)16-15(19)22-11-12-7-5-4-6-8-12/h4-8,13H,9-11H2,1-3H3,(H,16,19)/t13-/m1/s1. The lowest BCUT2D eigenvalue weighted by Crippen LogP contribution is -2.47. The molecule has 0 aliphatic heterocycles. The third kappa shape index (κ3) is 7.64. The second kappa shape index (κ2) is 8.52. The topological polar surface area (TPSA) is 92.8 Å². The van der Waals surface area contributed by atoms with E-state index >= 15 is 0 Å². The lowest BCUT2D eigenvalue weighted by molar-refractivity contribution is -0.130. The Kier molecular flexibility index (Phi) is 7.02. The van der Waals surface area contributed by atoms with Crippen molar-refractivity contribution in [3.63, 3.8) is 0 Å². The zero-order valence-electron chi connectivity index (χ0n) is 13.5. The highest BCUT2D eigenvalue weighted by Gasteiger charge is 2.24. The summed E-state index contributed by atoms with van der Waals surface area (Å²) >= 11 is 0. The molecule has 0 aromatic heterocycles. The van der Waals surface area contributed by atoms with Gasteiger partial charge in [-0.05, 0) is 12.0 Å². The highest BCUT2D eigenvalue weighted by atomic mass is 32.2. The van der Waals surface area contributed by atoms with E-state index in [1.807, 2.05) is 18.2 Å². The molecular weight excluding hydrogens is 320 g/mol. The Morgan fingerprint density at radius 1 is 1.22 bits per heavy atom. The quantitative estimate of drug-likeness (QED) is 0.791.